The number of nitrogens with one attached hydrogen (secondary N) is 1. The molecule has 0 saturated heterocycles. The summed E-state index contributed by atoms with van der Waals surface area (Å²) in [7, 11) is 0. The fourth-order valence-corrected chi connectivity index (χ4v) is 5.21. The number of anilines is 1. The molecule has 0 radical (unpaired) electrons. The molecule has 1 aromatic heterocycles. The van der Waals surface area contributed by atoms with Crippen LogP contribution in [0.2, 0.25) is 0 Å². The van der Waals surface area contributed by atoms with Gasteiger partial charge in [0.05, 0.1) is 5.69 Å². The van der Waals surface area contributed by atoms with Gasteiger partial charge in [0, 0.05) is 17.3 Å². The molecule has 1 aliphatic rings. The van der Waals surface area contributed by atoms with Gasteiger partial charge < -0.3 is 10.2 Å². The van der Waals surface area contributed by atoms with E-state index in [-0.39, 0.29) is 24.4 Å². The third-order valence-corrected chi connectivity index (χ3v) is 7.41. The molecule has 0 spiro atoms. The predicted octanol–water partition coefficient (Wildman–Crippen LogP) is 6.78. The first-order chi connectivity index (χ1) is 15.0. The maximum atomic E-state index is 13.0. The molecule has 0 unspecified atom stereocenters. The van der Waals surface area contributed by atoms with E-state index in [4.69, 9.17) is 0 Å². The van der Waals surface area contributed by atoms with E-state index in [2.05, 4.69) is 17.2 Å². The van der Waals surface area contributed by atoms with E-state index in [9.17, 15) is 9.59 Å². The topological polar surface area (TPSA) is 62.3 Å². The van der Waals surface area contributed by atoms with E-state index in [1.165, 1.54) is 62.7 Å². The van der Waals surface area contributed by atoms with Gasteiger partial charge in [0.15, 0.2) is 5.13 Å². The highest BCUT2D eigenvalue weighted by atomic mass is 32.1. The molecular weight excluding hydrogens is 406 g/mol. The Morgan fingerprint density at radius 1 is 0.968 bits per heavy atom. The van der Waals surface area contributed by atoms with E-state index in [0.29, 0.717) is 11.6 Å². The molecule has 5 nitrogen and oxygen atoms in total. The quantitative estimate of drug-likeness (QED) is 0.318. The molecule has 1 fully saturated rings. The summed E-state index contributed by atoms with van der Waals surface area (Å²) in [6, 6.07) is 0.213. The van der Waals surface area contributed by atoms with Crippen LogP contribution in [0.3, 0.4) is 0 Å². The minimum atomic E-state index is -0.125. The summed E-state index contributed by atoms with van der Waals surface area (Å²) in [6.07, 6.45) is 17.3. The number of carbonyl (C=O) groups excluding carboxylic acids is 2. The Balaban J connectivity index is 1.77. The fourth-order valence-electron chi connectivity index (χ4n) is 4.38. The number of thiazole rings is 1. The summed E-state index contributed by atoms with van der Waals surface area (Å²) in [5, 5.41) is 3.54. The third-order valence-electron chi connectivity index (χ3n) is 6.42. The molecule has 176 valence electrons. The van der Waals surface area contributed by atoms with Crippen molar-refractivity contribution in [3.8, 4) is 0 Å². The van der Waals surface area contributed by atoms with Gasteiger partial charge in [-0.05, 0) is 33.1 Å². The molecule has 2 amide bonds. The number of hydrogen-bond donors (Lipinski definition) is 1. The highest BCUT2D eigenvalue weighted by molar-refractivity contribution is 7.15. The lowest BCUT2D eigenvalue weighted by Gasteiger charge is -2.34. The first-order valence-electron chi connectivity index (χ1n) is 12.5. The van der Waals surface area contributed by atoms with Gasteiger partial charge in [0.2, 0.25) is 11.8 Å². The molecule has 1 heterocycles. The van der Waals surface area contributed by atoms with Crippen LogP contribution in [0, 0.1) is 13.8 Å². The van der Waals surface area contributed by atoms with Gasteiger partial charge in [-0.3, -0.25) is 9.59 Å². The standard InChI is InChI=1S/C25H43N3O2S/c1-4-5-6-7-8-9-10-11-15-18-24(30)28(22-16-13-12-14-17-22)19-23(29)27-25-26-20(2)21(3)31-25/h22H,4-19H2,1-3H3,(H,26,27,29). The minimum absolute atomic E-state index is 0.125. The zero-order valence-electron chi connectivity index (χ0n) is 20.0. The zero-order chi connectivity index (χ0) is 22.5. The van der Waals surface area contributed by atoms with Crippen molar-refractivity contribution in [2.24, 2.45) is 0 Å². The largest absolute Gasteiger partial charge is 0.330 e. The van der Waals surface area contributed by atoms with E-state index < -0.39 is 0 Å². The molecule has 0 aromatic carbocycles. The van der Waals surface area contributed by atoms with E-state index >= 15 is 0 Å². The Labute approximate surface area is 193 Å². The molecule has 6 heteroatoms. The van der Waals surface area contributed by atoms with E-state index in [0.717, 1.165) is 49.1 Å². The van der Waals surface area contributed by atoms with Crippen molar-refractivity contribution in [1.82, 2.24) is 9.88 Å². The second-order valence-electron chi connectivity index (χ2n) is 9.10. The average molecular weight is 450 g/mol. The van der Waals surface area contributed by atoms with Crippen molar-refractivity contribution in [2.75, 3.05) is 11.9 Å². The molecule has 0 aliphatic heterocycles. The van der Waals surface area contributed by atoms with Gasteiger partial charge in [-0.2, -0.15) is 0 Å². The summed E-state index contributed by atoms with van der Waals surface area (Å²) in [6.45, 7) is 6.35. The van der Waals surface area contributed by atoms with Gasteiger partial charge in [-0.1, -0.05) is 77.6 Å². The van der Waals surface area contributed by atoms with Gasteiger partial charge in [-0.15, -0.1) is 11.3 Å². The summed E-state index contributed by atoms with van der Waals surface area (Å²) in [5.41, 5.74) is 0.950. The molecule has 31 heavy (non-hydrogen) atoms. The van der Waals surface area contributed by atoms with Crippen molar-refractivity contribution in [1.29, 1.82) is 0 Å². The van der Waals surface area contributed by atoms with Crippen molar-refractivity contribution in [3.05, 3.63) is 10.6 Å². The van der Waals surface area contributed by atoms with Gasteiger partial charge in [0.25, 0.3) is 0 Å². The third kappa shape index (κ3) is 9.71. The summed E-state index contributed by atoms with van der Waals surface area (Å²) in [5.74, 6) is 0.0243. The maximum absolute atomic E-state index is 13.0. The van der Waals surface area contributed by atoms with Crippen LogP contribution in [0.5, 0.6) is 0 Å². The Morgan fingerprint density at radius 2 is 1.58 bits per heavy atom. The highest BCUT2D eigenvalue weighted by Crippen LogP contribution is 2.25. The lowest BCUT2D eigenvalue weighted by Crippen LogP contribution is -2.45. The van der Waals surface area contributed by atoms with Gasteiger partial charge >= 0.3 is 0 Å². The van der Waals surface area contributed by atoms with Crippen molar-refractivity contribution < 1.29 is 9.59 Å². The monoisotopic (exact) mass is 449 g/mol. The lowest BCUT2D eigenvalue weighted by atomic mass is 9.93. The summed E-state index contributed by atoms with van der Waals surface area (Å²) in [4.78, 5) is 33.1. The molecule has 1 N–H and O–H groups in total. The number of nitrogens with zero attached hydrogens (tertiary/aromatic N) is 2. The van der Waals surface area contributed by atoms with Crippen molar-refractivity contribution in [3.63, 3.8) is 0 Å². The van der Waals surface area contributed by atoms with Crippen LogP contribution in [0.25, 0.3) is 0 Å². The van der Waals surface area contributed by atoms with Crippen LogP contribution >= 0.6 is 11.3 Å². The molecule has 0 atom stereocenters. The second-order valence-corrected chi connectivity index (χ2v) is 10.3. The van der Waals surface area contributed by atoms with Crippen molar-refractivity contribution >= 4 is 28.3 Å². The normalized spacial score (nSPS) is 14.5. The Hall–Kier alpha value is -1.43. The number of aromatic nitrogens is 1. The van der Waals surface area contributed by atoms with Crippen LogP contribution in [0.4, 0.5) is 5.13 Å². The molecule has 1 aromatic rings. The maximum Gasteiger partial charge on any atom is 0.245 e. The minimum Gasteiger partial charge on any atom is -0.330 e. The van der Waals surface area contributed by atoms with Crippen molar-refractivity contribution in [2.45, 2.75) is 123 Å². The molecular formula is C25H43N3O2S. The Morgan fingerprint density at radius 3 is 2.16 bits per heavy atom. The number of hydrogen-bond acceptors (Lipinski definition) is 4. The van der Waals surface area contributed by atoms with Crippen LogP contribution in [0.15, 0.2) is 0 Å². The molecule has 1 saturated carbocycles. The number of carbonyl (C=O) groups is 2. The Bertz CT molecular complexity index is 648. The smallest absolute Gasteiger partial charge is 0.245 e. The fraction of sp³-hybridized carbons (Fsp3) is 0.800. The van der Waals surface area contributed by atoms with E-state index in [1.54, 1.807) is 0 Å². The predicted molar refractivity (Wildman–Crippen MR) is 131 cm³/mol. The number of amides is 2. The highest BCUT2D eigenvalue weighted by Gasteiger charge is 2.27. The van der Waals surface area contributed by atoms with Crippen LogP contribution in [0.1, 0.15) is 114 Å². The average Bonchev–Trinajstić information content (AvgIpc) is 3.07. The summed E-state index contributed by atoms with van der Waals surface area (Å²) >= 11 is 1.49. The SMILES string of the molecule is CCCCCCCCCCCC(=O)N(CC(=O)Nc1nc(C)c(C)s1)C1CCCCC1. The summed E-state index contributed by atoms with van der Waals surface area (Å²) < 4.78 is 0. The Kier molecular flexibility index (Phi) is 12.2. The second kappa shape index (κ2) is 14.6. The molecule has 0 bridgehead atoms. The number of unbranched alkanes of at least 4 members (excludes halogenated alkanes) is 8. The van der Waals surface area contributed by atoms with Crippen LogP contribution in [-0.4, -0.2) is 34.3 Å². The van der Waals surface area contributed by atoms with Gasteiger partial charge in [-0.25, -0.2) is 4.98 Å². The molecule has 1 aliphatic carbocycles. The zero-order valence-corrected chi connectivity index (χ0v) is 20.8. The number of aryl methyl sites for hydroxylation is 2. The van der Waals surface area contributed by atoms with Gasteiger partial charge in [0.1, 0.15) is 6.54 Å². The van der Waals surface area contributed by atoms with E-state index in [1.807, 2.05) is 18.7 Å². The number of rotatable bonds is 14. The lowest BCUT2D eigenvalue weighted by molar-refractivity contribution is -0.137. The first-order valence-corrected chi connectivity index (χ1v) is 13.4. The first kappa shape index (κ1) is 25.8. The van der Waals surface area contributed by atoms with Crippen LogP contribution in [-0.2, 0) is 9.59 Å². The molecule has 2 rings (SSSR count). The van der Waals surface area contributed by atoms with Crippen LogP contribution < -0.4 is 5.32 Å².